The molecule has 0 radical (unpaired) electrons. The monoisotopic (exact) mass is 301 g/mol. The quantitative estimate of drug-likeness (QED) is 0.906. The number of para-hydroxylation sites is 2. The van der Waals surface area contributed by atoms with Crippen molar-refractivity contribution < 1.29 is 14.0 Å². The molecule has 2 N–H and O–H groups in total. The van der Waals surface area contributed by atoms with Crippen molar-refractivity contribution >= 4 is 22.9 Å². The standard InChI is InChI=1S/C16H19N3O3/c17-16(21)11-8-9-19(10-11)15(20)7-3-6-14-18-12-4-1-2-5-13(12)22-14/h1-2,4-5,11H,3,6-10H2,(H2,17,21)/t11-/m1/s1. The summed E-state index contributed by atoms with van der Waals surface area (Å²) in [7, 11) is 0. The molecule has 6 heteroatoms. The van der Waals surface area contributed by atoms with Gasteiger partial charge in [0.25, 0.3) is 0 Å². The number of aryl methyl sites for hydroxylation is 1. The normalized spacial score (nSPS) is 18.0. The Balaban J connectivity index is 1.48. The minimum atomic E-state index is -0.318. The van der Waals surface area contributed by atoms with Gasteiger partial charge in [-0.15, -0.1) is 0 Å². The highest BCUT2D eigenvalue weighted by Gasteiger charge is 2.29. The van der Waals surface area contributed by atoms with Crippen molar-refractivity contribution in [3.05, 3.63) is 30.2 Å². The summed E-state index contributed by atoms with van der Waals surface area (Å²) in [5, 5.41) is 0. The van der Waals surface area contributed by atoms with Crippen LogP contribution in [0.1, 0.15) is 25.2 Å². The fraction of sp³-hybridized carbons (Fsp3) is 0.438. The van der Waals surface area contributed by atoms with Crippen molar-refractivity contribution in [1.82, 2.24) is 9.88 Å². The zero-order valence-corrected chi connectivity index (χ0v) is 12.3. The second-order valence-electron chi connectivity index (χ2n) is 5.66. The van der Waals surface area contributed by atoms with Crippen molar-refractivity contribution in [2.75, 3.05) is 13.1 Å². The lowest BCUT2D eigenvalue weighted by Gasteiger charge is -2.15. The lowest BCUT2D eigenvalue weighted by Crippen LogP contribution is -2.31. The Morgan fingerprint density at radius 2 is 2.18 bits per heavy atom. The van der Waals surface area contributed by atoms with Crippen LogP contribution in [0.5, 0.6) is 0 Å². The summed E-state index contributed by atoms with van der Waals surface area (Å²) < 4.78 is 5.63. The molecule has 1 aliphatic heterocycles. The summed E-state index contributed by atoms with van der Waals surface area (Å²) >= 11 is 0. The van der Waals surface area contributed by atoms with E-state index in [1.807, 2.05) is 24.3 Å². The number of oxazole rings is 1. The Kier molecular flexibility index (Phi) is 4.09. The smallest absolute Gasteiger partial charge is 0.222 e. The molecule has 1 atom stereocenters. The van der Waals surface area contributed by atoms with Crippen LogP contribution in [0, 0.1) is 5.92 Å². The van der Waals surface area contributed by atoms with Crippen molar-refractivity contribution in [2.45, 2.75) is 25.7 Å². The third-order valence-electron chi connectivity index (χ3n) is 4.06. The fourth-order valence-corrected chi connectivity index (χ4v) is 2.79. The van der Waals surface area contributed by atoms with E-state index in [4.69, 9.17) is 10.2 Å². The number of primary amides is 1. The summed E-state index contributed by atoms with van der Waals surface area (Å²) in [6.45, 7) is 1.08. The van der Waals surface area contributed by atoms with E-state index in [1.165, 1.54) is 0 Å². The summed E-state index contributed by atoms with van der Waals surface area (Å²) in [4.78, 5) is 29.3. The topological polar surface area (TPSA) is 89.4 Å². The Morgan fingerprint density at radius 1 is 1.36 bits per heavy atom. The van der Waals surface area contributed by atoms with Crippen LogP contribution >= 0.6 is 0 Å². The van der Waals surface area contributed by atoms with Crippen LogP contribution < -0.4 is 5.73 Å². The summed E-state index contributed by atoms with van der Waals surface area (Å²) in [5.41, 5.74) is 6.89. The molecule has 0 unspecified atom stereocenters. The maximum Gasteiger partial charge on any atom is 0.222 e. The van der Waals surface area contributed by atoms with E-state index in [0.29, 0.717) is 44.7 Å². The predicted molar refractivity (Wildman–Crippen MR) is 80.8 cm³/mol. The molecule has 2 aromatic rings. The van der Waals surface area contributed by atoms with Crippen molar-refractivity contribution in [1.29, 1.82) is 0 Å². The number of carbonyl (C=O) groups excluding carboxylic acids is 2. The third kappa shape index (κ3) is 3.10. The number of benzene rings is 1. The SMILES string of the molecule is NC(=O)[C@@H]1CCN(C(=O)CCCc2nc3ccccc3o2)C1. The molecule has 22 heavy (non-hydrogen) atoms. The van der Waals surface area contributed by atoms with Crippen molar-refractivity contribution in [3.8, 4) is 0 Å². The third-order valence-corrected chi connectivity index (χ3v) is 4.06. The number of nitrogens with two attached hydrogens (primary N) is 1. The van der Waals surface area contributed by atoms with Crippen molar-refractivity contribution in [2.24, 2.45) is 11.7 Å². The number of fused-ring (bicyclic) bond motifs is 1. The van der Waals surface area contributed by atoms with Crippen LogP contribution in [0.25, 0.3) is 11.1 Å². The maximum absolute atomic E-state index is 12.1. The number of aromatic nitrogens is 1. The molecule has 2 heterocycles. The van der Waals surface area contributed by atoms with Crippen LogP contribution in [0.15, 0.2) is 28.7 Å². The Labute approximate surface area is 128 Å². The number of carbonyl (C=O) groups is 2. The van der Waals surface area contributed by atoms with Crippen LogP contribution in [0.4, 0.5) is 0 Å². The highest BCUT2D eigenvalue weighted by Crippen LogP contribution is 2.19. The lowest BCUT2D eigenvalue weighted by atomic mass is 10.1. The maximum atomic E-state index is 12.1. The van der Waals surface area contributed by atoms with Crippen molar-refractivity contribution in [3.63, 3.8) is 0 Å². The molecule has 2 amide bonds. The number of likely N-dealkylation sites (tertiary alicyclic amines) is 1. The molecule has 1 saturated heterocycles. The van der Waals surface area contributed by atoms with Gasteiger partial charge in [-0.2, -0.15) is 0 Å². The van der Waals surface area contributed by atoms with E-state index >= 15 is 0 Å². The van der Waals surface area contributed by atoms with E-state index < -0.39 is 0 Å². The molecule has 1 aliphatic rings. The average Bonchev–Trinajstić information content (AvgIpc) is 3.13. The van der Waals surface area contributed by atoms with Gasteiger partial charge in [0.2, 0.25) is 11.8 Å². The van der Waals surface area contributed by atoms with Gasteiger partial charge >= 0.3 is 0 Å². The first-order valence-electron chi connectivity index (χ1n) is 7.55. The molecule has 0 saturated carbocycles. The summed E-state index contributed by atoms with van der Waals surface area (Å²) in [5.74, 6) is 0.216. The molecule has 1 fully saturated rings. The van der Waals surface area contributed by atoms with Gasteiger partial charge in [-0.05, 0) is 25.0 Å². The minimum absolute atomic E-state index is 0.0693. The first-order chi connectivity index (χ1) is 10.6. The summed E-state index contributed by atoms with van der Waals surface area (Å²) in [6.07, 6.45) is 2.42. The number of nitrogens with zero attached hydrogens (tertiary/aromatic N) is 2. The first kappa shape index (κ1) is 14.6. The molecule has 0 bridgehead atoms. The fourth-order valence-electron chi connectivity index (χ4n) is 2.79. The van der Waals surface area contributed by atoms with Gasteiger partial charge in [-0.25, -0.2) is 4.98 Å². The van der Waals surface area contributed by atoms with Gasteiger partial charge in [0.05, 0.1) is 5.92 Å². The number of hydrogen-bond donors (Lipinski definition) is 1. The van der Waals surface area contributed by atoms with Gasteiger partial charge in [-0.3, -0.25) is 9.59 Å². The van der Waals surface area contributed by atoms with Gasteiger partial charge in [0.15, 0.2) is 11.5 Å². The van der Waals surface area contributed by atoms with Gasteiger partial charge in [0.1, 0.15) is 5.52 Å². The molecular formula is C16H19N3O3. The second-order valence-corrected chi connectivity index (χ2v) is 5.66. The highest BCUT2D eigenvalue weighted by molar-refractivity contribution is 5.81. The Hall–Kier alpha value is -2.37. The molecular weight excluding hydrogens is 282 g/mol. The molecule has 6 nitrogen and oxygen atoms in total. The number of rotatable bonds is 5. The van der Waals surface area contributed by atoms with Crippen LogP contribution in [0.2, 0.25) is 0 Å². The van der Waals surface area contributed by atoms with Gasteiger partial charge in [-0.1, -0.05) is 12.1 Å². The van der Waals surface area contributed by atoms with Gasteiger partial charge < -0.3 is 15.1 Å². The molecule has 0 spiro atoms. The zero-order valence-electron chi connectivity index (χ0n) is 12.3. The molecule has 1 aromatic carbocycles. The van der Waals surface area contributed by atoms with E-state index in [2.05, 4.69) is 4.98 Å². The molecule has 3 rings (SSSR count). The summed E-state index contributed by atoms with van der Waals surface area (Å²) in [6, 6.07) is 7.61. The largest absolute Gasteiger partial charge is 0.441 e. The Morgan fingerprint density at radius 3 is 2.91 bits per heavy atom. The number of hydrogen-bond acceptors (Lipinski definition) is 4. The minimum Gasteiger partial charge on any atom is -0.441 e. The molecule has 0 aliphatic carbocycles. The zero-order chi connectivity index (χ0) is 15.5. The average molecular weight is 301 g/mol. The number of amides is 2. The second kappa shape index (κ2) is 6.17. The van der Waals surface area contributed by atoms with Gasteiger partial charge in [0, 0.05) is 25.9 Å². The highest BCUT2D eigenvalue weighted by atomic mass is 16.3. The predicted octanol–water partition coefficient (Wildman–Crippen LogP) is 1.48. The van der Waals surface area contributed by atoms with Crippen LogP contribution in [0.3, 0.4) is 0 Å². The van der Waals surface area contributed by atoms with E-state index in [1.54, 1.807) is 4.90 Å². The van der Waals surface area contributed by atoms with Crippen LogP contribution in [-0.4, -0.2) is 34.8 Å². The Bertz CT molecular complexity index is 662. The lowest BCUT2D eigenvalue weighted by molar-refractivity contribution is -0.130. The molecule has 116 valence electrons. The van der Waals surface area contributed by atoms with E-state index in [0.717, 1.165) is 11.1 Å². The van der Waals surface area contributed by atoms with E-state index in [9.17, 15) is 9.59 Å². The molecule has 1 aromatic heterocycles. The van der Waals surface area contributed by atoms with E-state index in [-0.39, 0.29) is 17.7 Å². The first-order valence-corrected chi connectivity index (χ1v) is 7.55. The van der Waals surface area contributed by atoms with Crippen LogP contribution in [-0.2, 0) is 16.0 Å².